The van der Waals surface area contributed by atoms with Crippen LogP contribution in [0.15, 0.2) is 12.4 Å². The Morgan fingerprint density at radius 1 is 1.37 bits per heavy atom. The number of rotatable bonds is 5. The number of halogens is 1. The predicted molar refractivity (Wildman–Crippen MR) is 76.3 cm³/mol. The highest BCUT2D eigenvalue weighted by molar-refractivity contribution is 6.30. The molecule has 0 fully saturated rings. The summed E-state index contributed by atoms with van der Waals surface area (Å²) in [5.41, 5.74) is 0.871. The van der Waals surface area contributed by atoms with Crippen LogP contribution in [0.3, 0.4) is 0 Å². The molecule has 6 heteroatoms. The quantitative estimate of drug-likeness (QED) is 0.855. The van der Waals surface area contributed by atoms with E-state index in [2.05, 4.69) is 27.2 Å². The molecule has 2 heterocycles. The zero-order valence-electron chi connectivity index (χ0n) is 11.4. The molecule has 0 aliphatic heterocycles. The first-order chi connectivity index (χ1) is 9.11. The lowest BCUT2D eigenvalue weighted by Crippen LogP contribution is -2.10. The lowest BCUT2D eigenvalue weighted by atomic mass is 10.3. The Labute approximate surface area is 118 Å². The SMILES string of the molecule is CCCc1nc(Cl)c(C)c(NCc2nccn2C)n1. The Morgan fingerprint density at radius 2 is 2.16 bits per heavy atom. The first-order valence-corrected chi connectivity index (χ1v) is 6.72. The molecule has 0 saturated carbocycles. The summed E-state index contributed by atoms with van der Waals surface area (Å²) in [6.45, 7) is 4.63. The van der Waals surface area contributed by atoms with Crippen molar-refractivity contribution < 1.29 is 0 Å². The minimum atomic E-state index is 0.515. The maximum Gasteiger partial charge on any atom is 0.137 e. The summed E-state index contributed by atoms with van der Waals surface area (Å²) in [6.07, 6.45) is 5.52. The summed E-state index contributed by atoms with van der Waals surface area (Å²) in [5, 5.41) is 3.79. The van der Waals surface area contributed by atoms with E-state index in [4.69, 9.17) is 11.6 Å². The zero-order chi connectivity index (χ0) is 13.8. The molecule has 0 spiro atoms. The van der Waals surface area contributed by atoms with Crippen LogP contribution in [-0.2, 0) is 20.0 Å². The maximum atomic E-state index is 6.13. The van der Waals surface area contributed by atoms with Gasteiger partial charge in [-0.2, -0.15) is 0 Å². The highest BCUT2D eigenvalue weighted by atomic mass is 35.5. The topological polar surface area (TPSA) is 55.6 Å². The fraction of sp³-hybridized carbons (Fsp3) is 0.462. The van der Waals surface area contributed by atoms with Gasteiger partial charge in [-0.3, -0.25) is 0 Å². The summed E-state index contributed by atoms with van der Waals surface area (Å²) in [6, 6.07) is 0. The molecule has 2 aromatic heterocycles. The summed E-state index contributed by atoms with van der Waals surface area (Å²) in [7, 11) is 1.96. The molecule has 19 heavy (non-hydrogen) atoms. The molecule has 0 bridgehead atoms. The summed E-state index contributed by atoms with van der Waals surface area (Å²) in [5.74, 6) is 2.51. The van der Waals surface area contributed by atoms with Crippen molar-refractivity contribution in [2.45, 2.75) is 33.2 Å². The Morgan fingerprint density at radius 3 is 2.79 bits per heavy atom. The van der Waals surface area contributed by atoms with Gasteiger partial charge in [0.15, 0.2) is 0 Å². The van der Waals surface area contributed by atoms with Crippen molar-refractivity contribution in [3.63, 3.8) is 0 Å². The van der Waals surface area contributed by atoms with E-state index in [1.54, 1.807) is 6.20 Å². The maximum absolute atomic E-state index is 6.13. The smallest absolute Gasteiger partial charge is 0.137 e. The van der Waals surface area contributed by atoms with Crippen LogP contribution in [0.1, 0.15) is 30.6 Å². The van der Waals surface area contributed by atoms with Crippen molar-refractivity contribution in [2.75, 3.05) is 5.32 Å². The van der Waals surface area contributed by atoms with E-state index in [1.807, 2.05) is 24.7 Å². The second-order valence-corrected chi connectivity index (χ2v) is 4.82. The first kappa shape index (κ1) is 13.8. The fourth-order valence-corrected chi connectivity index (χ4v) is 1.96. The highest BCUT2D eigenvalue weighted by Gasteiger charge is 2.09. The van der Waals surface area contributed by atoms with Crippen LogP contribution in [0, 0.1) is 6.92 Å². The summed E-state index contributed by atoms with van der Waals surface area (Å²) >= 11 is 6.13. The second-order valence-electron chi connectivity index (χ2n) is 4.46. The molecule has 0 unspecified atom stereocenters. The van der Waals surface area contributed by atoms with E-state index in [1.165, 1.54) is 0 Å². The number of aromatic nitrogens is 4. The van der Waals surface area contributed by atoms with Gasteiger partial charge in [0.05, 0.1) is 6.54 Å². The number of nitrogens with one attached hydrogen (secondary N) is 1. The molecule has 102 valence electrons. The van der Waals surface area contributed by atoms with Crippen LogP contribution >= 0.6 is 11.6 Å². The minimum absolute atomic E-state index is 0.515. The van der Waals surface area contributed by atoms with Gasteiger partial charge in [0.2, 0.25) is 0 Å². The van der Waals surface area contributed by atoms with Crippen LogP contribution in [0.5, 0.6) is 0 Å². The average Bonchev–Trinajstić information content (AvgIpc) is 2.78. The van der Waals surface area contributed by atoms with E-state index in [0.29, 0.717) is 11.7 Å². The van der Waals surface area contributed by atoms with E-state index in [-0.39, 0.29) is 0 Å². The standard InChI is InChI=1S/C13H18ClN5/c1-4-5-10-17-12(14)9(2)13(18-10)16-8-11-15-6-7-19(11)3/h6-7H,4-5,8H2,1-3H3,(H,16,17,18). The van der Waals surface area contributed by atoms with Crippen LogP contribution in [-0.4, -0.2) is 19.5 Å². The van der Waals surface area contributed by atoms with E-state index in [9.17, 15) is 0 Å². The van der Waals surface area contributed by atoms with Gasteiger partial charge >= 0.3 is 0 Å². The van der Waals surface area contributed by atoms with Gasteiger partial charge in [-0.05, 0) is 13.3 Å². The molecule has 0 amide bonds. The van der Waals surface area contributed by atoms with Crippen LogP contribution in [0.4, 0.5) is 5.82 Å². The number of nitrogens with zero attached hydrogens (tertiary/aromatic N) is 4. The second kappa shape index (κ2) is 6.02. The lowest BCUT2D eigenvalue weighted by molar-refractivity contribution is 0.800. The molecule has 2 aromatic rings. The third-order valence-electron chi connectivity index (χ3n) is 2.94. The normalized spacial score (nSPS) is 10.7. The van der Waals surface area contributed by atoms with Crippen LogP contribution < -0.4 is 5.32 Å². The van der Waals surface area contributed by atoms with Gasteiger partial charge in [-0.15, -0.1) is 0 Å². The van der Waals surface area contributed by atoms with Crippen LogP contribution in [0.2, 0.25) is 5.15 Å². The molecule has 0 atom stereocenters. The zero-order valence-corrected chi connectivity index (χ0v) is 12.2. The Hall–Kier alpha value is -1.62. The summed E-state index contributed by atoms with van der Waals surface area (Å²) in [4.78, 5) is 13.1. The summed E-state index contributed by atoms with van der Waals surface area (Å²) < 4.78 is 1.97. The first-order valence-electron chi connectivity index (χ1n) is 6.35. The molecule has 2 rings (SSSR count). The van der Waals surface area contributed by atoms with Gasteiger partial charge in [0.25, 0.3) is 0 Å². The molecule has 0 aromatic carbocycles. The molecule has 0 saturated heterocycles. The van der Waals surface area contributed by atoms with Gasteiger partial charge in [-0.25, -0.2) is 15.0 Å². The monoisotopic (exact) mass is 279 g/mol. The van der Waals surface area contributed by atoms with Crippen LogP contribution in [0.25, 0.3) is 0 Å². The van der Waals surface area contributed by atoms with Gasteiger partial charge < -0.3 is 9.88 Å². The minimum Gasteiger partial charge on any atom is -0.362 e. The number of anilines is 1. The fourth-order valence-electron chi connectivity index (χ4n) is 1.77. The molecular formula is C13H18ClN5. The van der Waals surface area contributed by atoms with Crippen molar-refractivity contribution >= 4 is 17.4 Å². The third kappa shape index (κ3) is 3.23. The van der Waals surface area contributed by atoms with E-state index in [0.717, 1.165) is 35.9 Å². The van der Waals surface area contributed by atoms with Crippen molar-refractivity contribution in [1.29, 1.82) is 0 Å². The highest BCUT2D eigenvalue weighted by Crippen LogP contribution is 2.20. The van der Waals surface area contributed by atoms with Gasteiger partial charge in [0.1, 0.15) is 22.6 Å². The third-order valence-corrected chi connectivity index (χ3v) is 3.31. The molecule has 0 aliphatic rings. The molecule has 0 aliphatic carbocycles. The van der Waals surface area contributed by atoms with Gasteiger partial charge in [0, 0.05) is 31.4 Å². The number of hydrogen-bond donors (Lipinski definition) is 1. The van der Waals surface area contributed by atoms with Crippen molar-refractivity contribution in [1.82, 2.24) is 19.5 Å². The van der Waals surface area contributed by atoms with E-state index >= 15 is 0 Å². The lowest BCUT2D eigenvalue weighted by Gasteiger charge is -2.11. The Bertz CT molecular complexity index is 564. The molecule has 0 radical (unpaired) electrons. The average molecular weight is 280 g/mol. The predicted octanol–water partition coefficient (Wildman–Crippen LogP) is 2.74. The van der Waals surface area contributed by atoms with E-state index < -0.39 is 0 Å². The van der Waals surface area contributed by atoms with Crippen molar-refractivity contribution in [2.24, 2.45) is 7.05 Å². The van der Waals surface area contributed by atoms with Crippen molar-refractivity contribution in [3.05, 3.63) is 34.8 Å². The van der Waals surface area contributed by atoms with Gasteiger partial charge in [-0.1, -0.05) is 18.5 Å². The largest absolute Gasteiger partial charge is 0.362 e. The number of hydrogen-bond acceptors (Lipinski definition) is 4. The molecule has 1 N–H and O–H groups in total. The number of imidazole rings is 1. The Kier molecular flexibility index (Phi) is 4.37. The van der Waals surface area contributed by atoms with Crippen molar-refractivity contribution in [3.8, 4) is 0 Å². The molecule has 5 nitrogen and oxygen atoms in total. The Balaban J connectivity index is 2.17. The number of aryl methyl sites for hydroxylation is 2. The molecular weight excluding hydrogens is 262 g/mol.